The van der Waals surface area contributed by atoms with E-state index in [1.807, 2.05) is 36.4 Å². The second-order valence-electron chi connectivity index (χ2n) is 6.53. The number of anilines is 1. The van der Waals surface area contributed by atoms with Gasteiger partial charge in [0, 0.05) is 11.8 Å². The monoisotopic (exact) mass is 407 g/mol. The zero-order chi connectivity index (χ0) is 21.1. The Bertz CT molecular complexity index is 1170. The molecule has 0 aliphatic heterocycles. The van der Waals surface area contributed by atoms with Gasteiger partial charge in [-0.05, 0) is 24.3 Å². The van der Waals surface area contributed by atoms with Crippen LogP contribution in [0.2, 0.25) is 0 Å². The van der Waals surface area contributed by atoms with E-state index in [-0.39, 0.29) is 11.3 Å². The Hall–Kier alpha value is -3.87. The lowest BCUT2D eigenvalue weighted by molar-refractivity contribution is -0.136. The van der Waals surface area contributed by atoms with Crippen molar-refractivity contribution in [3.05, 3.63) is 102 Å². The third kappa shape index (κ3) is 3.96. The Kier molecular flexibility index (Phi) is 5.10. The molecule has 4 aromatic rings. The predicted octanol–water partition coefficient (Wildman–Crippen LogP) is 5.81. The van der Waals surface area contributed by atoms with Crippen molar-refractivity contribution in [2.24, 2.45) is 0 Å². The van der Waals surface area contributed by atoms with E-state index < -0.39 is 17.6 Å². The van der Waals surface area contributed by atoms with Crippen molar-refractivity contribution in [1.82, 2.24) is 9.78 Å². The number of hydrogen-bond acceptors (Lipinski definition) is 2. The topological polar surface area (TPSA) is 46.9 Å². The van der Waals surface area contributed by atoms with E-state index >= 15 is 0 Å². The summed E-state index contributed by atoms with van der Waals surface area (Å²) in [7, 11) is 0. The number of carbonyl (C=O) groups excluding carboxylic acids is 1. The van der Waals surface area contributed by atoms with Crippen LogP contribution in [0.5, 0.6) is 0 Å². The van der Waals surface area contributed by atoms with Crippen LogP contribution < -0.4 is 5.32 Å². The molecule has 0 saturated heterocycles. The molecule has 150 valence electrons. The number of alkyl halides is 3. The molecule has 0 saturated carbocycles. The molecule has 0 unspecified atom stereocenters. The Labute approximate surface area is 170 Å². The van der Waals surface area contributed by atoms with Crippen molar-refractivity contribution in [2.75, 3.05) is 5.32 Å². The van der Waals surface area contributed by atoms with Gasteiger partial charge in [-0.15, -0.1) is 0 Å². The van der Waals surface area contributed by atoms with Gasteiger partial charge >= 0.3 is 6.18 Å². The first-order chi connectivity index (χ1) is 14.4. The molecule has 0 spiro atoms. The molecule has 7 heteroatoms. The van der Waals surface area contributed by atoms with Crippen molar-refractivity contribution in [1.29, 1.82) is 0 Å². The van der Waals surface area contributed by atoms with E-state index in [9.17, 15) is 18.0 Å². The fraction of sp³-hybridized carbons (Fsp3) is 0.0435. The molecule has 0 bridgehead atoms. The third-order valence-corrected chi connectivity index (χ3v) is 4.51. The summed E-state index contributed by atoms with van der Waals surface area (Å²) in [4.78, 5) is 13.0. The predicted molar refractivity (Wildman–Crippen MR) is 108 cm³/mol. The maximum atomic E-state index is 13.3. The van der Waals surface area contributed by atoms with Crippen LogP contribution in [-0.2, 0) is 6.18 Å². The number of nitrogens with zero attached hydrogens (tertiary/aromatic N) is 2. The largest absolute Gasteiger partial charge is 0.418 e. The first-order valence-electron chi connectivity index (χ1n) is 9.11. The Morgan fingerprint density at radius 3 is 2.10 bits per heavy atom. The molecule has 0 radical (unpaired) electrons. The van der Waals surface area contributed by atoms with Gasteiger partial charge in [0.15, 0.2) is 0 Å². The van der Waals surface area contributed by atoms with Crippen molar-refractivity contribution in [2.45, 2.75) is 6.18 Å². The Balaban J connectivity index is 1.77. The number of nitrogens with one attached hydrogen (secondary N) is 1. The lowest BCUT2D eigenvalue weighted by atomic mass is 10.1. The SMILES string of the molecule is O=C(Nc1ccccc1C(F)(F)F)c1cn(-c2ccccc2)nc1-c1ccccc1. The highest BCUT2D eigenvalue weighted by atomic mass is 19.4. The number of amides is 1. The minimum atomic E-state index is -4.58. The highest BCUT2D eigenvalue weighted by molar-refractivity contribution is 6.08. The lowest BCUT2D eigenvalue weighted by Gasteiger charge is -2.13. The number of hydrogen-bond donors (Lipinski definition) is 1. The molecule has 1 heterocycles. The first kappa shape index (κ1) is 19.4. The van der Waals surface area contributed by atoms with Crippen LogP contribution in [-0.4, -0.2) is 15.7 Å². The maximum Gasteiger partial charge on any atom is 0.418 e. The molecule has 1 N–H and O–H groups in total. The van der Waals surface area contributed by atoms with Crippen LogP contribution in [0.4, 0.5) is 18.9 Å². The Morgan fingerprint density at radius 1 is 0.833 bits per heavy atom. The maximum absolute atomic E-state index is 13.3. The molecule has 1 amide bonds. The minimum Gasteiger partial charge on any atom is -0.321 e. The standard InChI is InChI=1S/C23H16F3N3O/c24-23(25,26)19-13-7-8-14-20(19)27-22(30)18-15-29(17-11-5-2-6-12-17)28-21(18)16-9-3-1-4-10-16/h1-15H,(H,27,30). The van der Waals surface area contributed by atoms with Crippen LogP contribution in [0.3, 0.4) is 0 Å². The summed E-state index contributed by atoms with van der Waals surface area (Å²) < 4.78 is 41.4. The molecule has 4 nitrogen and oxygen atoms in total. The summed E-state index contributed by atoms with van der Waals surface area (Å²) in [5, 5.41) is 6.91. The van der Waals surface area contributed by atoms with E-state index in [0.29, 0.717) is 11.3 Å². The highest BCUT2D eigenvalue weighted by Gasteiger charge is 2.34. The van der Waals surface area contributed by atoms with Crippen molar-refractivity contribution >= 4 is 11.6 Å². The second-order valence-corrected chi connectivity index (χ2v) is 6.53. The fourth-order valence-electron chi connectivity index (χ4n) is 3.09. The number of carbonyl (C=O) groups is 1. The van der Waals surface area contributed by atoms with E-state index in [1.54, 1.807) is 24.3 Å². The first-order valence-corrected chi connectivity index (χ1v) is 9.11. The van der Waals surface area contributed by atoms with Gasteiger partial charge in [-0.25, -0.2) is 4.68 Å². The van der Waals surface area contributed by atoms with Gasteiger partial charge in [0.1, 0.15) is 5.69 Å². The fourth-order valence-corrected chi connectivity index (χ4v) is 3.09. The second kappa shape index (κ2) is 7.87. The van der Waals surface area contributed by atoms with E-state index in [0.717, 1.165) is 11.8 Å². The van der Waals surface area contributed by atoms with Crippen LogP contribution in [0.15, 0.2) is 91.1 Å². The highest BCUT2D eigenvalue weighted by Crippen LogP contribution is 2.35. The quantitative estimate of drug-likeness (QED) is 0.464. The molecular weight excluding hydrogens is 391 g/mol. The molecule has 1 aromatic heterocycles. The van der Waals surface area contributed by atoms with E-state index in [2.05, 4.69) is 10.4 Å². The molecule has 0 fully saturated rings. The molecule has 3 aromatic carbocycles. The number of rotatable bonds is 4. The van der Waals surface area contributed by atoms with Crippen molar-refractivity contribution < 1.29 is 18.0 Å². The van der Waals surface area contributed by atoms with Gasteiger partial charge in [0.2, 0.25) is 0 Å². The third-order valence-electron chi connectivity index (χ3n) is 4.51. The molecule has 30 heavy (non-hydrogen) atoms. The average molecular weight is 407 g/mol. The number of halogens is 3. The number of para-hydroxylation sites is 2. The van der Waals surface area contributed by atoms with Gasteiger partial charge in [0.05, 0.1) is 22.5 Å². The summed E-state index contributed by atoms with van der Waals surface area (Å²) in [6, 6.07) is 23.1. The number of benzene rings is 3. The zero-order valence-electron chi connectivity index (χ0n) is 15.6. The van der Waals surface area contributed by atoms with E-state index in [4.69, 9.17) is 0 Å². The summed E-state index contributed by atoms with van der Waals surface area (Å²) >= 11 is 0. The molecule has 0 aliphatic rings. The van der Waals surface area contributed by atoms with Crippen LogP contribution >= 0.6 is 0 Å². The van der Waals surface area contributed by atoms with Gasteiger partial charge in [-0.2, -0.15) is 18.3 Å². The summed E-state index contributed by atoms with van der Waals surface area (Å²) in [5.41, 5.74) is 0.742. The summed E-state index contributed by atoms with van der Waals surface area (Å²) in [6.07, 6.45) is -3.07. The van der Waals surface area contributed by atoms with Gasteiger partial charge in [-0.3, -0.25) is 4.79 Å². The van der Waals surface area contributed by atoms with Crippen molar-refractivity contribution in [3.63, 3.8) is 0 Å². The van der Waals surface area contributed by atoms with Crippen LogP contribution in [0.25, 0.3) is 16.9 Å². The van der Waals surface area contributed by atoms with Crippen LogP contribution in [0, 0.1) is 0 Å². The Morgan fingerprint density at radius 2 is 1.43 bits per heavy atom. The molecule has 0 atom stereocenters. The smallest absolute Gasteiger partial charge is 0.321 e. The molecule has 4 rings (SSSR count). The van der Waals surface area contributed by atoms with Gasteiger partial charge in [-0.1, -0.05) is 60.7 Å². The summed E-state index contributed by atoms with van der Waals surface area (Å²) in [6.45, 7) is 0. The van der Waals surface area contributed by atoms with Gasteiger partial charge in [0.25, 0.3) is 5.91 Å². The zero-order valence-corrected chi connectivity index (χ0v) is 15.6. The van der Waals surface area contributed by atoms with Gasteiger partial charge < -0.3 is 5.32 Å². The normalized spacial score (nSPS) is 11.3. The minimum absolute atomic E-state index is 0.169. The molecule has 0 aliphatic carbocycles. The van der Waals surface area contributed by atoms with Crippen LogP contribution in [0.1, 0.15) is 15.9 Å². The van der Waals surface area contributed by atoms with E-state index in [1.165, 1.54) is 29.1 Å². The average Bonchev–Trinajstić information content (AvgIpc) is 3.20. The molecular formula is C23H16F3N3O. The van der Waals surface area contributed by atoms with Crippen molar-refractivity contribution in [3.8, 4) is 16.9 Å². The lowest BCUT2D eigenvalue weighted by Crippen LogP contribution is -2.16. The summed E-state index contributed by atoms with van der Waals surface area (Å²) in [5.74, 6) is -0.673. The number of aromatic nitrogens is 2.